The summed E-state index contributed by atoms with van der Waals surface area (Å²) < 4.78 is 55.7. The molecule has 8 rings (SSSR count). The van der Waals surface area contributed by atoms with Crippen molar-refractivity contribution in [2.45, 2.75) is 78.6 Å². The number of hydrogen-bond acceptors (Lipinski definition) is 10. The third kappa shape index (κ3) is 12.0. The Morgan fingerprint density at radius 2 is 1.83 bits per heavy atom. The second kappa shape index (κ2) is 17.5. The van der Waals surface area contributed by atoms with Crippen molar-refractivity contribution in [1.82, 2.24) is 25.2 Å². The monoisotopic (exact) mass is 761 g/mol. The molecule has 0 radical (unpaired) electrons. The number of carbonyl (C=O) groups excluding carboxylic acids is 2. The molecule has 0 spiro atoms. The predicted octanol–water partition coefficient (Wildman–Crippen LogP) is 8.01. The average Bonchev–Trinajstić information content (AvgIpc) is 3.10. The molecule has 3 aromatic rings. The third-order valence-corrected chi connectivity index (χ3v) is 9.53. The van der Waals surface area contributed by atoms with Crippen LogP contribution in [0.2, 0.25) is 5.02 Å². The molecule has 3 atom stereocenters. The SMILES string of the molecule is CCC1CCC(C)CC1OC(=O)N1CCCOc2ccc(cc2Cl)CNc2nc(nc(OCC(F)(F)F)n2)Nc2ccc(cc2)C(=O)NCC(C)(C)C1. The molecule has 3 unspecified atom stereocenters. The van der Waals surface area contributed by atoms with Crippen molar-refractivity contribution in [1.29, 1.82) is 0 Å². The van der Waals surface area contributed by atoms with E-state index in [1.54, 1.807) is 47.4 Å². The van der Waals surface area contributed by atoms with E-state index in [2.05, 4.69) is 44.7 Å². The second-order valence-corrected chi connectivity index (χ2v) is 14.9. The minimum atomic E-state index is -4.60. The van der Waals surface area contributed by atoms with Crippen molar-refractivity contribution >= 4 is 41.2 Å². The first-order chi connectivity index (χ1) is 25.2. The van der Waals surface area contributed by atoms with Crippen molar-refractivity contribution in [3.05, 3.63) is 58.6 Å². The van der Waals surface area contributed by atoms with Gasteiger partial charge in [0.25, 0.3) is 5.91 Å². The first-order valence-corrected chi connectivity index (χ1v) is 18.3. The maximum atomic E-state index is 13.8. The van der Waals surface area contributed by atoms with Crippen LogP contribution in [-0.4, -0.2) is 77.0 Å². The minimum Gasteiger partial charge on any atom is -0.492 e. The molecule has 1 aliphatic carbocycles. The zero-order valence-corrected chi connectivity index (χ0v) is 31.1. The second-order valence-electron chi connectivity index (χ2n) is 14.5. The van der Waals surface area contributed by atoms with E-state index in [9.17, 15) is 22.8 Å². The lowest BCUT2D eigenvalue weighted by Gasteiger charge is -2.37. The molecule has 1 fully saturated rings. The van der Waals surface area contributed by atoms with E-state index in [4.69, 9.17) is 25.8 Å². The van der Waals surface area contributed by atoms with Gasteiger partial charge >= 0.3 is 18.3 Å². The number of nitrogens with one attached hydrogen (secondary N) is 3. The molecule has 53 heavy (non-hydrogen) atoms. The fourth-order valence-electron chi connectivity index (χ4n) is 6.36. The van der Waals surface area contributed by atoms with Gasteiger partial charge in [-0.2, -0.15) is 28.1 Å². The van der Waals surface area contributed by atoms with Gasteiger partial charge in [0.1, 0.15) is 11.9 Å². The van der Waals surface area contributed by atoms with Crippen LogP contribution in [0.25, 0.3) is 0 Å². The van der Waals surface area contributed by atoms with E-state index < -0.39 is 24.2 Å². The number of aromatic nitrogens is 3. The van der Waals surface area contributed by atoms with Gasteiger partial charge in [-0.05, 0) is 84.9 Å². The lowest BCUT2D eigenvalue weighted by Crippen LogP contribution is -2.46. The van der Waals surface area contributed by atoms with Crippen LogP contribution >= 0.6 is 11.6 Å². The minimum absolute atomic E-state index is 0.0458. The zero-order valence-electron chi connectivity index (χ0n) is 30.4. The van der Waals surface area contributed by atoms with E-state index in [0.717, 1.165) is 31.2 Å². The van der Waals surface area contributed by atoms with Crippen LogP contribution < -0.4 is 25.4 Å². The molecule has 16 heteroatoms. The van der Waals surface area contributed by atoms with Gasteiger partial charge in [0, 0.05) is 37.4 Å². The summed E-state index contributed by atoms with van der Waals surface area (Å²) in [6, 6.07) is 11.1. The lowest BCUT2D eigenvalue weighted by molar-refractivity contribution is -0.154. The number of halogens is 4. The fraction of sp³-hybridized carbons (Fsp3) is 0.541. The van der Waals surface area contributed by atoms with Gasteiger partial charge in [-0.25, -0.2) is 4.79 Å². The molecule has 4 aliphatic heterocycles. The summed E-state index contributed by atoms with van der Waals surface area (Å²) in [7, 11) is 0. The summed E-state index contributed by atoms with van der Waals surface area (Å²) in [5.74, 6) is 0.812. The average molecular weight is 762 g/mol. The Balaban J connectivity index is 1.37. The first-order valence-electron chi connectivity index (χ1n) is 17.9. The largest absolute Gasteiger partial charge is 0.492 e. The molecule has 2 aromatic carbocycles. The Kier molecular flexibility index (Phi) is 13.1. The van der Waals surface area contributed by atoms with Gasteiger partial charge in [-0.15, -0.1) is 0 Å². The van der Waals surface area contributed by atoms with Crippen LogP contribution in [0, 0.1) is 17.3 Å². The molecule has 3 N–H and O–H groups in total. The van der Waals surface area contributed by atoms with E-state index >= 15 is 0 Å². The lowest BCUT2D eigenvalue weighted by atomic mass is 9.79. The van der Waals surface area contributed by atoms with Gasteiger partial charge in [-0.3, -0.25) is 4.79 Å². The Morgan fingerprint density at radius 3 is 2.55 bits per heavy atom. The molecule has 288 valence electrons. The predicted molar refractivity (Wildman–Crippen MR) is 195 cm³/mol. The number of ether oxygens (including phenoxy) is 3. The highest BCUT2D eigenvalue weighted by molar-refractivity contribution is 6.32. The van der Waals surface area contributed by atoms with Gasteiger partial charge in [0.05, 0.1) is 11.6 Å². The number of rotatable bonds is 4. The van der Waals surface area contributed by atoms with Crippen LogP contribution in [-0.2, 0) is 11.3 Å². The number of benzene rings is 2. The van der Waals surface area contributed by atoms with Gasteiger partial charge in [-0.1, -0.05) is 51.8 Å². The van der Waals surface area contributed by atoms with E-state index in [0.29, 0.717) is 53.4 Å². The Bertz CT molecular complexity index is 1710. The van der Waals surface area contributed by atoms with Crippen LogP contribution in [0.3, 0.4) is 0 Å². The molecule has 5 aliphatic rings. The first kappa shape index (κ1) is 39.7. The molecular formula is C37H47ClF3N7O5. The summed E-state index contributed by atoms with van der Waals surface area (Å²) in [4.78, 5) is 40.9. The highest BCUT2D eigenvalue weighted by Gasteiger charge is 2.34. The highest BCUT2D eigenvalue weighted by Crippen LogP contribution is 2.34. The van der Waals surface area contributed by atoms with Gasteiger partial charge in [0.2, 0.25) is 11.9 Å². The summed E-state index contributed by atoms with van der Waals surface area (Å²) in [5, 5.41) is 9.22. The van der Waals surface area contributed by atoms with Crippen LogP contribution in [0.15, 0.2) is 42.5 Å². The Morgan fingerprint density at radius 1 is 1.08 bits per heavy atom. The van der Waals surface area contributed by atoms with Crippen LogP contribution in [0.5, 0.6) is 11.8 Å². The summed E-state index contributed by atoms with van der Waals surface area (Å²) in [6.45, 7) is 8.10. The highest BCUT2D eigenvalue weighted by atomic mass is 35.5. The number of anilines is 3. The molecular weight excluding hydrogens is 715 g/mol. The fourth-order valence-corrected chi connectivity index (χ4v) is 6.62. The van der Waals surface area contributed by atoms with E-state index in [1.807, 2.05) is 13.8 Å². The quantitative estimate of drug-likeness (QED) is 0.240. The molecule has 0 saturated heterocycles. The number of hydrogen-bond donors (Lipinski definition) is 3. The van der Waals surface area contributed by atoms with Crippen LogP contribution in [0.4, 0.5) is 35.5 Å². The van der Waals surface area contributed by atoms with Crippen molar-refractivity contribution < 1.29 is 37.0 Å². The van der Waals surface area contributed by atoms with Crippen molar-refractivity contribution in [2.24, 2.45) is 17.3 Å². The van der Waals surface area contributed by atoms with Crippen molar-refractivity contribution in [3.63, 3.8) is 0 Å². The molecule has 5 heterocycles. The number of alkyl halides is 3. The number of amides is 2. The zero-order chi connectivity index (χ0) is 38.2. The Hall–Kier alpha value is -4.53. The molecule has 1 saturated carbocycles. The normalized spacial score (nSPS) is 21.3. The maximum absolute atomic E-state index is 13.8. The Labute approximate surface area is 312 Å². The molecule has 1 aromatic heterocycles. The van der Waals surface area contributed by atoms with Crippen molar-refractivity contribution in [3.8, 4) is 11.8 Å². The number of carbonyl (C=O) groups is 2. The molecule has 2 amide bonds. The van der Waals surface area contributed by atoms with Gasteiger partial charge < -0.3 is 35.1 Å². The standard InChI is InChI=1S/C37H47ClF3N7O5/c1-5-25-9-7-23(2)17-30(25)53-35(50)48-15-6-16-51-29-14-8-24(18-28(29)38)19-42-32-45-33(47-34(46-32)52-22-37(39,40)41)44-27-12-10-26(11-13-27)31(49)43-20-36(3,4)21-48/h8,10-14,18,23,25,30H,5-7,9,15-17,19-22H2,1-4H3,(H,43,49)(H2,42,44,45,46,47). The van der Waals surface area contributed by atoms with Crippen LogP contribution in [0.1, 0.15) is 75.7 Å². The summed E-state index contributed by atoms with van der Waals surface area (Å²) in [5.41, 5.74) is 1.04. The molecule has 12 nitrogen and oxygen atoms in total. The summed E-state index contributed by atoms with van der Waals surface area (Å²) >= 11 is 6.56. The van der Waals surface area contributed by atoms with E-state index in [1.165, 1.54) is 0 Å². The van der Waals surface area contributed by atoms with Gasteiger partial charge in [0.15, 0.2) is 6.61 Å². The smallest absolute Gasteiger partial charge is 0.422 e. The summed E-state index contributed by atoms with van der Waals surface area (Å²) in [6.07, 6.45) is -0.670. The maximum Gasteiger partial charge on any atom is 0.422 e. The third-order valence-electron chi connectivity index (χ3n) is 9.23. The topological polar surface area (TPSA) is 140 Å². The number of nitrogens with zero attached hydrogens (tertiary/aromatic N) is 4. The molecule has 6 bridgehead atoms. The van der Waals surface area contributed by atoms with Crippen molar-refractivity contribution in [2.75, 3.05) is 43.5 Å². The van der Waals surface area contributed by atoms with E-state index in [-0.39, 0.29) is 49.7 Å².